The lowest BCUT2D eigenvalue weighted by molar-refractivity contribution is -0.138. The van der Waals surface area contributed by atoms with Crippen molar-refractivity contribution in [2.24, 2.45) is 0 Å². The van der Waals surface area contributed by atoms with E-state index in [2.05, 4.69) is 61.2 Å². The summed E-state index contributed by atoms with van der Waals surface area (Å²) >= 11 is 0. The summed E-state index contributed by atoms with van der Waals surface area (Å²) in [5.41, 5.74) is 6.55. The molecular formula is C32H33NO3. The maximum atomic E-state index is 12.1. The fourth-order valence-electron chi connectivity index (χ4n) is 4.78. The Balaban J connectivity index is 1.80. The third-order valence-electron chi connectivity index (χ3n) is 6.78. The molecular weight excluding hydrogens is 446 g/mol. The summed E-state index contributed by atoms with van der Waals surface area (Å²) in [6.45, 7) is 4.87. The number of aryl methyl sites for hydroxylation is 1. The van der Waals surface area contributed by atoms with Gasteiger partial charge in [0, 0.05) is 18.6 Å². The Morgan fingerprint density at radius 3 is 2.19 bits per heavy atom. The zero-order valence-corrected chi connectivity index (χ0v) is 21.1. The number of nitrogens with zero attached hydrogens (tertiary/aromatic N) is 1. The van der Waals surface area contributed by atoms with Crippen LogP contribution in [0.15, 0.2) is 103 Å². The Hall–Kier alpha value is -3.89. The van der Waals surface area contributed by atoms with Gasteiger partial charge in [-0.1, -0.05) is 84.9 Å². The van der Waals surface area contributed by atoms with E-state index in [4.69, 9.17) is 4.74 Å². The standard InChI is InChI=1S/C32H33NO3/c1-23-17-18-29(36-3)20-30(23)27-15-10-16-28(19-27)31(21-32(34)35)33(22-25-11-6-4-7-12-25)24(2)26-13-8-5-9-14-26/h4-20,24,31H,21-22H2,1-3H3,(H,34,35)/t24-,31+/m1/s1. The van der Waals surface area contributed by atoms with Crippen LogP contribution in [0.2, 0.25) is 0 Å². The van der Waals surface area contributed by atoms with E-state index in [0.29, 0.717) is 6.54 Å². The first-order chi connectivity index (χ1) is 17.5. The molecule has 1 N–H and O–H groups in total. The minimum absolute atomic E-state index is 0.00452. The van der Waals surface area contributed by atoms with Crippen molar-refractivity contribution in [3.63, 3.8) is 0 Å². The van der Waals surface area contributed by atoms with Crippen LogP contribution < -0.4 is 4.74 Å². The zero-order valence-electron chi connectivity index (χ0n) is 21.1. The Bertz CT molecular complexity index is 1290. The molecule has 0 saturated carbocycles. The molecule has 0 aliphatic rings. The molecule has 4 heteroatoms. The molecule has 0 heterocycles. The number of carboxylic acid groups (broad SMARTS) is 1. The number of hydrogen-bond acceptors (Lipinski definition) is 3. The van der Waals surface area contributed by atoms with E-state index >= 15 is 0 Å². The number of benzene rings is 4. The van der Waals surface area contributed by atoms with Gasteiger partial charge in [0.25, 0.3) is 0 Å². The molecule has 0 saturated heterocycles. The number of ether oxygens (including phenoxy) is 1. The van der Waals surface area contributed by atoms with Crippen LogP contribution in [0.4, 0.5) is 0 Å². The van der Waals surface area contributed by atoms with Crippen molar-refractivity contribution in [3.8, 4) is 16.9 Å². The van der Waals surface area contributed by atoms with Crippen molar-refractivity contribution in [2.75, 3.05) is 7.11 Å². The Kier molecular flexibility index (Phi) is 8.19. The second kappa shape index (κ2) is 11.7. The van der Waals surface area contributed by atoms with Crippen LogP contribution >= 0.6 is 0 Å². The monoisotopic (exact) mass is 479 g/mol. The van der Waals surface area contributed by atoms with E-state index in [1.54, 1.807) is 7.11 Å². The average molecular weight is 480 g/mol. The number of rotatable bonds is 10. The van der Waals surface area contributed by atoms with Gasteiger partial charge >= 0.3 is 5.97 Å². The fraction of sp³-hybridized carbons (Fsp3) is 0.219. The number of methoxy groups -OCH3 is 1. The van der Waals surface area contributed by atoms with Crippen LogP contribution in [-0.4, -0.2) is 23.1 Å². The van der Waals surface area contributed by atoms with E-state index in [1.165, 1.54) is 0 Å². The van der Waals surface area contributed by atoms with Gasteiger partial charge in [-0.3, -0.25) is 9.69 Å². The first-order valence-electron chi connectivity index (χ1n) is 12.3. The molecule has 0 aliphatic carbocycles. The van der Waals surface area contributed by atoms with Crippen molar-refractivity contribution < 1.29 is 14.6 Å². The molecule has 2 atom stereocenters. The molecule has 0 bridgehead atoms. The zero-order chi connectivity index (χ0) is 25.5. The Morgan fingerprint density at radius 1 is 0.861 bits per heavy atom. The summed E-state index contributed by atoms with van der Waals surface area (Å²) in [5.74, 6) is -0.0206. The van der Waals surface area contributed by atoms with Crippen molar-refractivity contribution in [3.05, 3.63) is 125 Å². The smallest absolute Gasteiger partial charge is 0.305 e. The van der Waals surface area contributed by atoms with E-state index in [9.17, 15) is 9.90 Å². The molecule has 4 rings (SSSR count). The molecule has 4 aromatic rings. The van der Waals surface area contributed by atoms with Gasteiger partial charge in [0.15, 0.2) is 0 Å². The summed E-state index contributed by atoms with van der Waals surface area (Å²) < 4.78 is 5.46. The van der Waals surface area contributed by atoms with Crippen molar-refractivity contribution >= 4 is 5.97 Å². The van der Waals surface area contributed by atoms with Crippen LogP contribution in [-0.2, 0) is 11.3 Å². The molecule has 0 unspecified atom stereocenters. The van der Waals surface area contributed by atoms with Crippen molar-refractivity contribution in [1.29, 1.82) is 0 Å². The van der Waals surface area contributed by atoms with E-state index in [1.807, 2.05) is 60.7 Å². The van der Waals surface area contributed by atoms with E-state index in [0.717, 1.165) is 39.1 Å². The molecule has 0 spiro atoms. The van der Waals surface area contributed by atoms with Crippen LogP contribution in [0.3, 0.4) is 0 Å². The minimum Gasteiger partial charge on any atom is -0.497 e. The number of aliphatic carboxylic acids is 1. The second-order valence-corrected chi connectivity index (χ2v) is 9.16. The highest BCUT2D eigenvalue weighted by Gasteiger charge is 2.28. The number of hydrogen-bond donors (Lipinski definition) is 1. The minimum atomic E-state index is -0.818. The van der Waals surface area contributed by atoms with E-state index in [-0.39, 0.29) is 18.5 Å². The average Bonchev–Trinajstić information content (AvgIpc) is 2.91. The molecule has 36 heavy (non-hydrogen) atoms. The largest absolute Gasteiger partial charge is 0.497 e. The summed E-state index contributed by atoms with van der Waals surface area (Å²) in [6, 6.07) is 34.5. The summed E-state index contributed by atoms with van der Waals surface area (Å²) in [7, 11) is 1.67. The van der Waals surface area contributed by atoms with Gasteiger partial charge in [-0.15, -0.1) is 0 Å². The van der Waals surface area contributed by atoms with Gasteiger partial charge in [0.2, 0.25) is 0 Å². The summed E-state index contributed by atoms with van der Waals surface area (Å²) in [5, 5.41) is 9.97. The molecule has 0 aromatic heterocycles. The van der Waals surface area contributed by atoms with Crippen LogP contribution in [0, 0.1) is 6.92 Å². The highest BCUT2D eigenvalue weighted by molar-refractivity contribution is 5.71. The molecule has 0 radical (unpaired) electrons. The maximum Gasteiger partial charge on any atom is 0.305 e. The topological polar surface area (TPSA) is 49.8 Å². The van der Waals surface area contributed by atoms with Gasteiger partial charge in [0.05, 0.1) is 13.5 Å². The second-order valence-electron chi connectivity index (χ2n) is 9.16. The summed E-state index contributed by atoms with van der Waals surface area (Å²) in [6.07, 6.45) is 0.00452. The van der Waals surface area contributed by atoms with Gasteiger partial charge in [-0.05, 0) is 65.4 Å². The van der Waals surface area contributed by atoms with Crippen LogP contribution in [0.25, 0.3) is 11.1 Å². The quantitative estimate of drug-likeness (QED) is 0.257. The fourth-order valence-corrected chi connectivity index (χ4v) is 4.78. The van der Waals surface area contributed by atoms with Gasteiger partial charge in [-0.2, -0.15) is 0 Å². The lowest BCUT2D eigenvalue weighted by atomic mass is 9.93. The molecule has 184 valence electrons. The number of carboxylic acids is 1. The molecule has 4 aromatic carbocycles. The van der Waals surface area contributed by atoms with Crippen molar-refractivity contribution in [2.45, 2.75) is 38.9 Å². The normalized spacial score (nSPS) is 12.8. The third-order valence-corrected chi connectivity index (χ3v) is 6.78. The van der Waals surface area contributed by atoms with Crippen LogP contribution in [0.1, 0.15) is 47.7 Å². The van der Waals surface area contributed by atoms with Crippen LogP contribution in [0.5, 0.6) is 5.75 Å². The third kappa shape index (κ3) is 6.02. The molecule has 0 fully saturated rings. The highest BCUT2D eigenvalue weighted by atomic mass is 16.5. The predicted octanol–water partition coefficient (Wildman–Crippen LogP) is 7.45. The van der Waals surface area contributed by atoms with Gasteiger partial charge < -0.3 is 9.84 Å². The van der Waals surface area contributed by atoms with Gasteiger partial charge in [0.1, 0.15) is 5.75 Å². The molecule has 0 amide bonds. The number of carbonyl (C=O) groups is 1. The first kappa shape index (κ1) is 25.2. The predicted molar refractivity (Wildman–Crippen MR) is 145 cm³/mol. The molecule has 0 aliphatic heterocycles. The molecule has 4 nitrogen and oxygen atoms in total. The lowest BCUT2D eigenvalue weighted by Crippen LogP contribution is -2.32. The lowest BCUT2D eigenvalue weighted by Gasteiger charge is -2.37. The van der Waals surface area contributed by atoms with Crippen molar-refractivity contribution in [1.82, 2.24) is 4.90 Å². The summed E-state index contributed by atoms with van der Waals surface area (Å²) in [4.78, 5) is 14.5. The van der Waals surface area contributed by atoms with E-state index < -0.39 is 5.97 Å². The van der Waals surface area contributed by atoms with Gasteiger partial charge in [-0.25, -0.2) is 0 Å². The highest BCUT2D eigenvalue weighted by Crippen LogP contribution is 2.37. The maximum absolute atomic E-state index is 12.1. The first-order valence-corrected chi connectivity index (χ1v) is 12.3. The SMILES string of the molecule is COc1ccc(C)c(-c2cccc([C@H](CC(=O)O)N(Cc3ccccc3)[C@H](C)c3ccccc3)c2)c1. The Morgan fingerprint density at radius 2 is 1.53 bits per heavy atom. The Labute approximate surface area is 213 Å².